The second kappa shape index (κ2) is 10.0. The van der Waals surface area contributed by atoms with Crippen LogP contribution in [0.1, 0.15) is 31.1 Å². The Bertz CT molecular complexity index is 877. The van der Waals surface area contributed by atoms with Crippen LogP contribution in [0.15, 0.2) is 40.9 Å². The van der Waals surface area contributed by atoms with Crippen LogP contribution in [0.2, 0.25) is 10.0 Å². The van der Waals surface area contributed by atoms with Gasteiger partial charge in [-0.05, 0) is 73.1 Å². The fourth-order valence-corrected chi connectivity index (χ4v) is 3.02. The average molecular weight is 490 g/mol. The first-order valence-electron chi connectivity index (χ1n) is 8.35. The van der Waals surface area contributed by atoms with E-state index < -0.39 is 17.9 Å². The third-order valence-corrected chi connectivity index (χ3v) is 4.57. The van der Waals surface area contributed by atoms with Crippen LogP contribution in [0, 0.1) is 0 Å². The van der Waals surface area contributed by atoms with E-state index in [0.29, 0.717) is 26.6 Å². The molecule has 0 fully saturated rings. The minimum absolute atomic E-state index is 0.00546. The number of halogens is 3. The van der Waals surface area contributed by atoms with Crippen molar-refractivity contribution in [2.75, 3.05) is 0 Å². The summed E-state index contributed by atoms with van der Waals surface area (Å²) < 4.78 is 11.7. The van der Waals surface area contributed by atoms with Crippen LogP contribution >= 0.6 is 39.1 Å². The van der Waals surface area contributed by atoms with Crippen molar-refractivity contribution in [2.45, 2.75) is 33.0 Å². The van der Waals surface area contributed by atoms with Gasteiger partial charge in [0.15, 0.2) is 6.10 Å². The maximum Gasteiger partial charge on any atom is 0.279 e. The highest BCUT2D eigenvalue weighted by atomic mass is 79.9. The van der Waals surface area contributed by atoms with Gasteiger partial charge in [0.1, 0.15) is 11.5 Å². The topological polar surface area (TPSA) is 76.7 Å². The lowest BCUT2D eigenvalue weighted by Crippen LogP contribution is -2.47. The Morgan fingerprint density at radius 3 is 2.25 bits per heavy atom. The summed E-state index contributed by atoms with van der Waals surface area (Å²) in [5, 5.41) is 0.738. The predicted molar refractivity (Wildman–Crippen MR) is 112 cm³/mol. The van der Waals surface area contributed by atoms with E-state index in [1.54, 1.807) is 30.3 Å². The van der Waals surface area contributed by atoms with E-state index in [1.165, 1.54) is 13.0 Å². The first-order chi connectivity index (χ1) is 13.2. The third-order valence-electron chi connectivity index (χ3n) is 3.42. The Morgan fingerprint density at radius 1 is 0.964 bits per heavy atom. The van der Waals surface area contributed by atoms with Gasteiger partial charge in [0.05, 0.1) is 15.6 Å². The van der Waals surface area contributed by atoms with Gasteiger partial charge < -0.3 is 9.47 Å². The Labute approximate surface area is 181 Å². The van der Waals surface area contributed by atoms with Crippen LogP contribution in [0.3, 0.4) is 0 Å². The summed E-state index contributed by atoms with van der Waals surface area (Å²) in [6, 6.07) is 9.54. The number of hydrogen-bond donors (Lipinski definition) is 2. The summed E-state index contributed by atoms with van der Waals surface area (Å²) in [6.07, 6.45) is -0.890. The van der Waals surface area contributed by atoms with E-state index in [2.05, 4.69) is 26.8 Å². The number of amides is 2. The van der Waals surface area contributed by atoms with Gasteiger partial charge in [-0.25, -0.2) is 0 Å². The molecule has 0 saturated heterocycles. The van der Waals surface area contributed by atoms with Crippen molar-refractivity contribution in [3.8, 4) is 11.5 Å². The molecule has 9 heteroatoms. The van der Waals surface area contributed by atoms with Gasteiger partial charge in [-0.1, -0.05) is 23.2 Å². The van der Waals surface area contributed by atoms with Crippen molar-refractivity contribution >= 4 is 50.9 Å². The number of carbonyl (C=O) groups excluding carboxylic acids is 2. The first-order valence-corrected chi connectivity index (χ1v) is 9.90. The van der Waals surface area contributed by atoms with Gasteiger partial charge in [-0.3, -0.25) is 20.4 Å². The first kappa shape index (κ1) is 22.3. The summed E-state index contributed by atoms with van der Waals surface area (Å²) in [5.41, 5.74) is 5.01. The second-order valence-electron chi connectivity index (χ2n) is 6.09. The normalized spacial score (nSPS) is 11.7. The molecule has 6 nitrogen and oxygen atoms in total. The number of ether oxygens (including phenoxy) is 2. The van der Waals surface area contributed by atoms with Gasteiger partial charge in [-0.2, -0.15) is 0 Å². The summed E-state index contributed by atoms with van der Waals surface area (Å²) in [5.74, 6) is -0.0952. The molecule has 0 aromatic heterocycles. The Balaban J connectivity index is 1.92. The summed E-state index contributed by atoms with van der Waals surface area (Å²) in [7, 11) is 0. The van der Waals surface area contributed by atoms with Crippen LogP contribution < -0.4 is 20.3 Å². The highest BCUT2D eigenvalue weighted by Gasteiger charge is 2.18. The predicted octanol–water partition coefficient (Wildman–Crippen LogP) is 4.77. The molecule has 0 aliphatic rings. The zero-order chi connectivity index (χ0) is 20.8. The quantitative estimate of drug-likeness (QED) is 0.573. The molecule has 28 heavy (non-hydrogen) atoms. The molecule has 0 aliphatic heterocycles. The van der Waals surface area contributed by atoms with Crippen LogP contribution in [0.4, 0.5) is 0 Å². The zero-order valence-corrected chi connectivity index (χ0v) is 18.5. The third kappa shape index (κ3) is 6.29. The molecule has 1 atom stereocenters. The molecule has 0 saturated carbocycles. The average Bonchev–Trinajstić information content (AvgIpc) is 2.62. The SMILES string of the molecule is CC(C)Oc1ccc(C(=O)NNC(=O)C(C)Oc2ccc(Cl)cc2Cl)cc1Br. The number of benzene rings is 2. The summed E-state index contributed by atoms with van der Waals surface area (Å²) in [4.78, 5) is 24.4. The number of rotatable bonds is 6. The maximum absolute atomic E-state index is 12.2. The highest BCUT2D eigenvalue weighted by molar-refractivity contribution is 9.10. The second-order valence-corrected chi connectivity index (χ2v) is 7.79. The van der Waals surface area contributed by atoms with Gasteiger partial charge in [-0.15, -0.1) is 0 Å². The molecule has 0 aliphatic carbocycles. The van der Waals surface area contributed by atoms with E-state index in [9.17, 15) is 9.59 Å². The fourth-order valence-electron chi connectivity index (χ4n) is 2.10. The number of carbonyl (C=O) groups is 2. The Kier molecular flexibility index (Phi) is 7.98. The zero-order valence-electron chi connectivity index (χ0n) is 15.4. The smallest absolute Gasteiger partial charge is 0.279 e. The van der Waals surface area contributed by atoms with Crippen LogP contribution in [-0.4, -0.2) is 24.0 Å². The number of hydrogen-bond acceptors (Lipinski definition) is 4. The van der Waals surface area contributed by atoms with Gasteiger partial charge in [0.25, 0.3) is 11.8 Å². The number of nitrogens with one attached hydrogen (secondary N) is 2. The maximum atomic E-state index is 12.2. The number of hydrazine groups is 1. The van der Waals surface area contributed by atoms with Gasteiger partial charge >= 0.3 is 0 Å². The van der Waals surface area contributed by atoms with Crippen molar-refractivity contribution in [2.24, 2.45) is 0 Å². The summed E-state index contributed by atoms with van der Waals surface area (Å²) >= 11 is 15.2. The Morgan fingerprint density at radius 2 is 1.64 bits per heavy atom. The lowest BCUT2D eigenvalue weighted by molar-refractivity contribution is -0.128. The van der Waals surface area contributed by atoms with Crippen LogP contribution in [0.25, 0.3) is 0 Å². The molecule has 1 unspecified atom stereocenters. The van der Waals surface area contributed by atoms with Crippen molar-refractivity contribution < 1.29 is 19.1 Å². The van der Waals surface area contributed by atoms with E-state index in [0.717, 1.165) is 0 Å². The van der Waals surface area contributed by atoms with Crippen molar-refractivity contribution in [1.82, 2.24) is 10.9 Å². The molecule has 2 aromatic carbocycles. The standard InChI is InChI=1S/C19H19BrCl2N2O4/c1-10(2)27-16-6-4-12(8-14(16)20)19(26)24-23-18(25)11(3)28-17-7-5-13(21)9-15(17)22/h4-11H,1-3H3,(H,23,25)(H,24,26). The molecule has 2 aromatic rings. The molecule has 0 radical (unpaired) electrons. The van der Waals surface area contributed by atoms with E-state index in [-0.39, 0.29) is 11.1 Å². The molecule has 2 rings (SSSR count). The van der Waals surface area contributed by atoms with Crippen LogP contribution in [-0.2, 0) is 4.79 Å². The largest absolute Gasteiger partial charge is 0.490 e. The van der Waals surface area contributed by atoms with Crippen molar-refractivity contribution in [3.63, 3.8) is 0 Å². The van der Waals surface area contributed by atoms with Gasteiger partial charge in [0, 0.05) is 10.6 Å². The molecule has 2 N–H and O–H groups in total. The van der Waals surface area contributed by atoms with Gasteiger partial charge in [0.2, 0.25) is 0 Å². The minimum atomic E-state index is -0.896. The molecule has 150 valence electrons. The minimum Gasteiger partial charge on any atom is -0.490 e. The Hall–Kier alpha value is -1.96. The molecular formula is C19H19BrCl2N2O4. The summed E-state index contributed by atoms with van der Waals surface area (Å²) in [6.45, 7) is 5.34. The van der Waals surface area contributed by atoms with Crippen molar-refractivity contribution in [1.29, 1.82) is 0 Å². The molecule has 0 heterocycles. The molecule has 0 spiro atoms. The molecule has 0 bridgehead atoms. The monoisotopic (exact) mass is 488 g/mol. The molecular weight excluding hydrogens is 471 g/mol. The van der Waals surface area contributed by atoms with Crippen LogP contribution in [0.5, 0.6) is 11.5 Å². The lowest BCUT2D eigenvalue weighted by atomic mass is 10.2. The van der Waals surface area contributed by atoms with E-state index >= 15 is 0 Å². The van der Waals surface area contributed by atoms with E-state index in [4.69, 9.17) is 32.7 Å². The highest BCUT2D eigenvalue weighted by Crippen LogP contribution is 2.28. The van der Waals surface area contributed by atoms with E-state index in [1.807, 2.05) is 13.8 Å². The lowest BCUT2D eigenvalue weighted by Gasteiger charge is -2.16. The van der Waals surface area contributed by atoms with Crippen molar-refractivity contribution in [3.05, 3.63) is 56.5 Å². The molecule has 2 amide bonds. The fraction of sp³-hybridized carbons (Fsp3) is 0.263.